The quantitative estimate of drug-likeness (QED) is 0.322. The molecule has 0 aromatic carbocycles. The van der Waals surface area contributed by atoms with Gasteiger partial charge in [-0.2, -0.15) is 57.1 Å². The van der Waals surface area contributed by atoms with Gasteiger partial charge >= 0.3 is 35.4 Å². The standard InChI is InChI=1S/C6HF14NO2S/c7-1(8,3(11,12)13)2(9,10)5(17,18)24(23)21(20)6(19,22)4(14,15)16/h22H. The molecule has 0 radical (unpaired) electrons. The Labute approximate surface area is 123 Å². The molecule has 146 valence electrons. The van der Waals surface area contributed by atoms with Gasteiger partial charge in [-0.3, -0.25) is 0 Å². The number of hydrogen-bond donors (Lipinski definition) is 1. The number of aliphatic hydroxyl groups is 1. The summed E-state index contributed by atoms with van der Waals surface area (Å²) in [6.07, 6.45) is -14.4. The van der Waals surface area contributed by atoms with Crippen LogP contribution in [0.3, 0.4) is 0 Å². The van der Waals surface area contributed by atoms with Crippen molar-refractivity contribution in [1.82, 2.24) is 4.53 Å². The van der Waals surface area contributed by atoms with Crippen LogP contribution in [0.5, 0.6) is 0 Å². The molecular weight excluding hydrogens is 416 g/mol. The molecule has 0 bridgehead atoms. The molecule has 24 heavy (non-hydrogen) atoms. The van der Waals surface area contributed by atoms with Gasteiger partial charge in [-0.1, -0.05) is 0 Å². The van der Waals surface area contributed by atoms with Crippen LogP contribution < -0.4 is 0 Å². The van der Waals surface area contributed by atoms with E-state index in [0.717, 1.165) is 0 Å². The van der Waals surface area contributed by atoms with Crippen LogP contribution >= 0.6 is 0 Å². The van der Waals surface area contributed by atoms with Gasteiger partial charge in [-0.15, -0.1) is 4.48 Å². The third-order valence-corrected chi connectivity index (χ3v) is 3.30. The molecule has 2 atom stereocenters. The summed E-state index contributed by atoms with van der Waals surface area (Å²) >= 11 is 0. The first-order valence-corrected chi connectivity index (χ1v) is 5.73. The van der Waals surface area contributed by atoms with E-state index < -0.39 is 50.9 Å². The molecular formula is C6HF14NO2S. The summed E-state index contributed by atoms with van der Waals surface area (Å²) in [6.45, 7) is 0. The minimum atomic E-state index is -7.80. The van der Waals surface area contributed by atoms with Gasteiger partial charge < -0.3 is 5.11 Å². The van der Waals surface area contributed by atoms with Gasteiger partial charge in [0.25, 0.3) is 0 Å². The lowest BCUT2D eigenvalue weighted by Gasteiger charge is -2.35. The monoisotopic (exact) mass is 417 g/mol. The maximum atomic E-state index is 12.8. The summed E-state index contributed by atoms with van der Waals surface area (Å²) in [5.74, 6) is -22.2. The first kappa shape index (κ1) is 23.1. The predicted molar refractivity (Wildman–Crippen MR) is 44.1 cm³/mol. The second-order valence-corrected chi connectivity index (χ2v) is 5.07. The zero-order valence-electron chi connectivity index (χ0n) is 10.0. The Morgan fingerprint density at radius 2 is 1.00 bits per heavy atom. The molecule has 0 aliphatic heterocycles. The van der Waals surface area contributed by atoms with Crippen molar-refractivity contribution >= 4 is 11.0 Å². The minimum absolute atomic E-state index is 3.58. The van der Waals surface area contributed by atoms with E-state index in [2.05, 4.69) is 0 Å². The van der Waals surface area contributed by atoms with Crippen molar-refractivity contribution in [2.45, 2.75) is 35.4 Å². The fraction of sp³-hybridized carbons (Fsp3) is 1.00. The summed E-state index contributed by atoms with van der Waals surface area (Å²) in [5.41, 5.74) is 0. The number of nitrogens with zero attached hydrogens (tertiary/aromatic N) is 1. The van der Waals surface area contributed by atoms with Crippen LogP contribution in [0.25, 0.3) is 0 Å². The maximum Gasteiger partial charge on any atom is 0.467 e. The van der Waals surface area contributed by atoms with Crippen LogP contribution in [-0.2, 0) is 11.0 Å². The fourth-order valence-corrected chi connectivity index (χ4v) is 1.65. The molecule has 0 amide bonds. The van der Waals surface area contributed by atoms with Crippen molar-refractivity contribution in [3.05, 3.63) is 0 Å². The third-order valence-electron chi connectivity index (χ3n) is 2.07. The van der Waals surface area contributed by atoms with Crippen LogP contribution in [0.2, 0.25) is 0 Å². The summed E-state index contributed by atoms with van der Waals surface area (Å²) in [5, 5.41) is 0.421. The molecule has 0 aliphatic rings. The molecule has 1 N–H and O–H groups in total. The summed E-state index contributed by atoms with van der Waals surface area (Å²) in [7, 11) is -6.18. The average Bonchev–Trinajstić information content (AvgIpc) is 2.33. The number of hydrogen-bond acceptors (Lipinski definition) is 2. The lowest BCUT2D eigenvalue weighted by molar-refractivity contribution is -0.392. The first-order chi connectivity index (χ1) is 10.1. The van der Waals surface area contributed by atoms with E-state index >= 15 is 0 Å². The maximum absolute atomic E-state index is 12.8. The highest BCUT2D eigenvalue weighted by atomic mass is 32.2. The number of halogens is 14. The Balaban J connectivity index is 6.04. The molecule has 0 spiro atoms. The van der Waals surface area contributed by atoms with E-state index in [1.807, 2.05) is 0 Å². The molecule has 2 unspecified atom stereocenters. The van der Waals surface area contributed by atoms with E-state index in [0.29, 0.717) is 0 Å². The molecule has 18 heteroatoms. The Kier molecular flexibility index (Phi) is 5.60. The van der Waals surface area contributed by atoms with Crippen LogP contribution in [0.1, 0.15) is 0 Å². The molecule has 0 aromatic heterocycles. The van der Waals surface area contributed by atoms with E-state index in [9.17, 15) is 65.8 Å². The highest BCUT2D eigenvalue weighted by molar-refractivity contribution is 7.83. The van der Waals surface area contributed by atoms with Crippen LogP contribution in [-0.4, -0.2) is 49.3 Å². The van der Waals surface area contributed by atoms with Gasteiger partial charge in [-0.25, -0.2) is 4.21 Å². The smallest absolute Gasteiger partial charge is 0.340 e. The van der Waals surface area contributed by atoms with Crippen molar-refractivity contribution in [2.75, 3.05) is 0 Å². The Hall–Kier alpha value is -0.910. The zero-order valence-corrected chi connectivity index (χ0v) is 10.8. The SMILES string of the molecule is O=S(N(F)C(O)(F)C(F)(F)F)C(F)(F)C(F)(F)C(F)(F)C(F)(F)F. The van der Waals surface area contributed by atoms with E-state index in [-0.39, 0.29) is 0 Å². The van der Waals surface area contributed by atoms with E-state index in [1.165, 1.54) is 0 Å². The van der Waals surface area contributed by atoms with Gasteiger partial charge in [0, 0.05) is 4.53 Å². The van der Waals surface area contributed by atoms with Crippen molar-refractivity contribution in [3.63, 3.8) is 0 Å². The van der Waals surface area contributed by atoms with Crippen molar-refractivity contribution < 1.29 is 70.9 Å². The fourth-order valence-electron chi connectivity index (χ4n) is 0.781. The molecule has 3 nitrogen and oxygen atoms in total. The first-order valence-electron chi connectivity index (χ1n) is 4.63. The van der Waals surface area contributed by atoms with Gasteiger partial charge in [0.05, 0.1) is 0 Å². The van der Waals surface area contributed by atoms with Crippen molar-refractivity contribution in [3.8, 4) is 0 Å². The Bertz CT molecular complexity index is 494. The molecule has 0 rings (SSSR count). The molecule has 0 fully saturated rings. The van der Waals surface area contributed by atoms with E-state index in [1.54, 1.807) is 0 Å². The molecule has 0 saturated heterocycles. The second kappa shape index (κ2) is 5.82. The second-order valence-electron chi connectivity index (χ2n) is 3.74. The minimum Gasteiger partial charge on any atom is -0.340 e. The summed E-state index contributed by atoms with van der Waals surface area (Å²) in [6, 6.07) is 0. The molecule has 0 aliphatic carbocycles. The third kappa shape index (κ3) is 3.26. The lowest BCUT2D eigenvalue weighted by atomic mass is 10.1. The van der Waals surface area contributed by atoms with Crippen molar-refractivity contribution in [2.24, 2.45) is 0 Å². The Morgan fingerprint density at radius 3 is 1.25 bits per heavy atom. The molecule has 0 heterocycles. The molecule has 0 saturated carbocycles. The Morgan fingerprint density at radius 1 is 0.667 bits per heavy atom. The van der Waals surface area contributed by atoms with Gasteiger partial charge in [0.1, 0.15) is 0 Å². The van der Waals surface area contributed by atoms with Gasteiger partial charge in [0.15, 0.2) is 0 Å². The lowest BCUT2D eigenvalue weighted by Crippen LogP contribution is -2.65. The summed E-state index contributed by atoms with van der Waals surface area (Å²) in [4.78, 5) is 0. The highest BCUT2D eigenvalue weighted by Crippen LogP contribution is 2.55. The average molecular weight is 417 g/mol. The molecule has 0 aromatic rings. The zero-order chi connectivity index (χ0) is 20.2. The predicted octanol–water partition coefficient (Wildman–Crippen LogP) is 3.44. The van der Waals surface area contributed by atoms with Crippen molar-refractivity contribution in [1.29, 1.82) is 0 Å². The van der Waals surface area contributed by atoms with E-state index in [4.69, 9.17) is 5.11 Å². The number of alkyl halides is 13. The summed E-state index contributed by atoms with van der Waals surface area (Å²) < 4.78 is 178. The number of rotatable bonds is 5. The van der Waals surface area contributed by atoms with Crippen LogP contribution in [0.4, 0.5) is 61.6 Å². The largest absolute Gasteiger partial charge is 0.467 e. The normalized spacial score (nSPS) is 19.3. The topological polar surface area (TPSA) is 40.5 Å². The van der Waals surface area contributed by atoms with Crippen LogP contribution in [0.15, 0.2) is 0 Å². The highest BCUT2D eigenvalue weighted by Gasteiger charge is 2.85. The van der Waals surface area contributed by atoms with Crippen LogP contribution in [0, 0.1) is 0 Å². The van der Waals surface area contributed by atoms with Gasteiger partial charge in [0.2, 0.25) is 11.0 Å². The van der Waals surface area contributed by atoms with Gasteiger partial charge in [-0.05, 0) is 0 Å².